The minimum atomic E-state index is -5.69. The standard InChI is InChI=1S/C12H20N5O13P3/c1-7-5-17(12(19)15-11(7)18)10-4-8(2-3-14-16-13)9(28-10)6-27-32(23,24)30-33(25,26)29-31(20,21)22/h5,8-10H,2-4,6H2,1H3,(H,23,24)(H,25,26)(H,15,18,19)(H2,20,21,22)/t8-,9+,10+/m0/s1. The predicted octanol–water partition coefficient (Wildman–Crippen LogP) is 0.792. The zero-order valence-electron chi connectivity index (χ0n) is 16.7. The van der Waals surface area contributed by atoms with Gasteiger partial charge in [0.2, 0.25) is 0 Å². The molecular weight excluding hydrogens is 515 g/mol. The van der Waals surface area contributed by atoms with Crippen molar-refractivity contribution in [2.24, 2.45) is 11.0 Å². The monoisotopic (exact) mass is 535 g/mol. The van der Waals surface area contributed by atoms with Gasteiger partial charge in [-0.25, -0.2) is 18.5 Å². The van der Waals surface area contributed by atoms with Crippen LogP contribution in [0.5, 0.6) is 0 Å². The first kappa shape index (κ1) is 27.6. The number of phosphoric ester groups is 1. The molecular formula is C12H20N5O13P3. The molecule has 1 aromatic heterocycles. The number of rotatable bonds is 11. The summed E-state index contributed by atoms with van der Waals surface area (Å²) in [5, 5.41) is 3.38. The highest BCUT2D eigenvalue weighted by Gasteiger charge is 2.43. The van der Waals surface area contributed by atoms with Gasteiger partial charge in [0, 0.05) is 23.2 Å². The molecule has 0 bridgehead atoms. The fourth-order valence-corrected chi connectivity index (χ4v) is 6.01. The number of nitrogens with one attached hydrogen (secondary N) is 1. The van der Waals surface area contributed by atoms with Gasteiger partial charge in [-0.05, 0) is 31.2 Å². The lowest BCUT2D eigenvalue weighted by Crippen LogP contribution is -2.33. The summed E-state index contributed by atoms with van der Waals surface area (Å²) in [6, 6.07) is 0. The molecule has 0 saturated carbocycles. The van der Waals surface area contributed by atoms with E-state index in [1.165, 1.54) is 13.1 Å². The van der Waals surface area contributed by atoms with E-state index in [0.717, 1.165) is 4.57 Å². The fourth-order valence-electron chi connectivity index (χ4n) is 2.98. The van der Waals surface area contributed by atoms with Crippen LogP contribution in [0.25, 0.3) is 10.4 Å². The molecule has 2 unspecified atom stereocenters. The number of phosphoric acid groups is 3. The van der Waals surface area contributed by atoms with Crippen LogP contribution in [0.2, 0.25) is 0 Å². The van der Waals surface area contributed by atoms with Crippen molar-refractivity contribution in [3.63, 3.8) is 0 Å². The van der Waals surface area contributed by atoms with Crippen LogP contribution in [0.1, 0.15) is 24.6 Å². The number of aryl methyl sites for hydroxylation is 1. The maximum absolute atomic E-state index is 12.1. The number of aromatic nitrogens is 2. The normalized spacial score (nSPS) is 24.6. The third-order valence-electron chi connectivity index (χ3n) is 4.30. The van der Waals surface area contributed by atoms with E-state index in [-0.39, 0.29) is 24.9 Å². The molecule has 18 nitrogen and oxygen atoms in total. The highest BCUT2D eigenvalue weighted by Crippen LogP contribution is 2.66. The largest absolute Gasteiger partial charge is 0.490 e. The van der Waals surface area contributed by atoms with Crippen LogP contribution in [0, 0.1) is 12.8 Å². The van der Waals surface area contributed by atoms with Crippen molar-refractivity contribution in [3.05, 3.63) is 43.0 Å². The molecule has 1 aromatic rings. The SMILES string of the molecule is Cc1cn([C@H]2C[C@H](CCN=[N+]=[N-])[C@@H](COP(=O)(O)OP(=O)(O)OP(=O)(O)O)O2)c(=O)[nH]c1=O. The quantitative estimate of drug-likeness (QED) is 0.114. The van der Waals surface area contributed by atoms with Crippen molar-refractivity contribution in [2.45, 2.75) is 32.1 Å². The molecule has 21 heteroatoms. The Kier molecular flexibility index (Phi) is 8.98. The van der Waals surface area contributed by atoms with Gasteiger partial charge in [0.25, 0.3) is 5.56 Å². The molecule has 0 aromatic carbocycles. The Labute approximate surface area is 184 Å². The van der Waals surface area contributed by atoms with E-state index in [1.807, 2.05) is 0 Å². The fraction of sp³-hybridized carbons (Fsp3) is 0.667. The van der Waals surface area contributed by atoms with Crippen molar-refractivity contribution < 1.29 is 51.2 Å². The number of ether oxygens (including phenoxy) is 1. The minimum absolute atomic E-state index is 0.00253. The Morgan fingerprint density at radius 2 is 1.91 bits per heavy atom. The van der Waals surface area contributed by atoms with Gasteiger partial charge in [0.1, 0.15) is 6.23 Å². The summed E-state index contributed by atoms with van der Waals surface area (Å²) in [5.41, 5.74) is 7.28. The zero-order chi connectivity index (χ0) is 25.0. The van der Waals surface area contributed by atoms with Gasteiger partial charge in [-0.2, -0.15) is 8.62 Å². The number of azide groups is 1. The number of H-pyrrole nitrogens is 1. The maximum atomic E-state index is 12.1. The molecule has 1 fully saturated rings. The average Bonchev–Trinajstić information content (AvgIpc) is 3.03. The van der Waals surface area contributed by atoms with Crippen LogP contribution in [0.3, 0.4) is 0 Å². The molecule has 2 rings (SSSR count). The van der Waals surface area contributed by atoms with Gasteiger partial charge in [-0.15, -0.1) is 0 Å². The van der Waals surface area contributed by atoms with Crippen molar-refractivity contribution in [3.8, 4) is 0 Å². The molecule has 0 amide bonds. The van der Waals surface area contributed by atoms with Gasteiger partial charge in [-0.1, -0.05) is 5.11 Å². The maximum Gasteiger partial charge on any atom is 0.490 e. The number of hydrogen-bond acceptors (Lipinski definition) is 10. The van der Waals surface area contributed by atoms with Gasteiger partial charge in [0.05, 0.1) is 12.7 Å². The van der Waals surface area contributed by atoms with Crippen molar-refractivity contribution >= 4 is 23.5 Å². The number of hydrogen-bond donors (Lipinski definition) is 5. The minimum Gasteiger partial charge on any atom is -0.352 e. The molecule has 5 atom stereocenters. The van der Waals surface area contributed by atoms with E-state index in [2.05, 4.69) is 28.2 Å². The van der Waals surface area contributed by atoms with Crippen molar-refractivity contribution in [1.82, 2.24) is 9.55 Å². The third kappa shape index (κ3) is 8.58. The van der Waals surface area contributed by atoms with Gasteiger partial charge in [0.15, 0.2) is 0 Å². The summed E-state index contributed by atoms with van der Waals surface area (Å²) in [4.78, 5) is 64.3. The lowest BCUT2D eigenvalue weighted by atomic mass is 9.97. The summed E-state index contributed by atoms with van der Waals surface area (Å²) >= 11 is 0. The summed E-state index contributed by atoms with van der Waals surface area (Å²) in [6.07, 6.45) is -0.383. The van der Waals surface area contributed by atoms with Gasteiger partial charge in [-0.3, -0.25) is 18.9 Å². The molecule has 5 N–H and O–H groups in total. The third-order valence-corrected chi connectivity index (χ3v) is 8.10. The Bertz CT molecular complexity index is 1170. The smallest absolute Gasteiger partial charge is 0.352 e. The van der Waals surface area contributed by atoms with Gasteiger partial charge < -0.3 is 24.3 Å². The van der Waals surface area contributed by atoms with Gasteiger partial charge >= 0.3 is 29.2 Å². The summed E-state index contributed by atoms with van der Waals surface area (Å²) < 4.78 is 52.7. The Hall–Kier alpha value is -1.64. The second-order valence-electron chi connectivity index (χ2n) is 6.73. The van der Waals surface area contributed by atoms with Crippen LogP contribution >= 0.6 is 23.5 Å². The Balaban J connectivity index is 2.16. The number of nitrogens with zero attached hydrogens (tertiary/aromatic N) is 4. The summed E-state index contributed by atoms with van der Waals surface area (Å²) in [5.74, 6) is -0.507. The summed E-state index contributed by atoms with van der Waals surface area (Å²) in [7, 11) is -16.6. The number of aromatic amines is 1. The van der Waals surface area contributed by atoms with E-state index < -0.39 is 59.6 Å². The second kappa shape index (κ2) is 10.7. The van der Waals surface area contributed by atoms with E-state index in [9.17, 15) is 33.1 Å². The average molecular weight is 535 g/mol. The molecule has 1 aliphatic rings. The van der Waals surface area contributed by atoms with Crippen LogP contribution in [0.4, 0.5) is 0 Å². The van der Waals surface area contributed by atoms with Crippen LogP contribution < -0.4 is 11.2 Å². The lowest BCUT2D eigenvalue weighted by molar-refractivity contribution is -0.0325. The van der Waals surface area contributed by atoms with Crippen LogP contribution in [-0.4, -0.2) is 48.4 Å². The molecule has 0 radical (unpaired) electrons. The molecule has 2 heterocycles. The Morgan fingerprint density at radius 1 is 1.24 bits per heavy atom. The lowest BCUT2D eigenvalue weighted by Gasteiger charge is -2.21. The first-order valence-electron chi connectivity index (χ1n) is 8.89. The van der Waals surface area contributed by atoms with E-state index in [0.29, 0.717) is 0 Å². The Morgan fingerprint density at radius 3 is 2.52 bits per heavy atom. The molecule has 1 saturated heterocycles. The molecule has 0 spiro atoms. The van der Waals surface area contributed by atoms with Crippen molar-refractivity contribution in [2.75, 3.05) is 13.2 Å². The van der Waals surface area contributed by atoms with E-state index >= 15 is 0 Å². The van der Waals surface area contributed by atoms with E-state index in [4.69, 9.17) is 20.1 Å². The topological polar surface area (TPSA) is 273 Å². The van der Waals surface area contributed by atoms with E-state index in [1.54, 1.807) is 0 Å². The van der Waals surface area contributed by atoms with Crippen molar-refractivity contribution in [1.29, 1.82) is 0 Å². The molecule has 1 aliphatic heterocycles. The first-order valence-corrected chi connectivity index (χ1v) is 13.4. The summed E-state index contributed by atoms with van der Waals surface area (Å²) in [6.45, 7) is 0.719. The highest BCUT2D eigenvalue weighted by atomic mass is 31.3. The second-order valence-corrected chi connectivity index (χ2v) is 11.2. The van der Waals surface area contributed by atoms with Crippen LogP contribution in [-0.2, 0) is 31.6 Å². The highest BCUT2D eigenvalue weighted by molar-refractivity contribution is 7.66. The molecule has 0 aliphatic carbocycles. The molecule has 33 heavy (non-hydrogen) atoms. The predicted molar refractivity (Wildman–Crippen MR) is 107 cm³/mol. The zero-order valence-corrected chi connectivity index (χ0v) is 19.4. The molecule has 186 valence electrons. The first-order chi connectivity index (χ1) is 15.1. The van der Waals surface area contributed by atoms with Crippen LogP contribution in [0.15, 0.2) is 20.9 Å².